The Morgan fingerprint density at radius 3 is 2.40 bits per heavy atom. The highest BCUT2D eigenvalue weighted by Crippen LogP contribution is 2.34. The fourth-order valence-corrected chi connectivity index (χ4v) is 3.00. The van der Waals surface area contributed by atoms with E-state index in [1.54, 1.807) is 6.20 Å². The van der Waals surface area contributed by atoms with Gasteiger partial charge in [-0.15, -0.1) is 5.10 Å². The van der Waals surface area contributed by atoms with Gasteiger partial charge < -0.3 is 4.90 Å². The first kappa shape index (κ1) is 18.2. The molecule has 1 aliphatic heterocycles. The number of nitrogens with zero attached hydrogens (tertiary/aromatic N) is 5. The molecule has 25 heavy (non-hydrogen) atoms. The molecule has 0 radical (unpaired) electrons. The number of hydrogen-bond donors (Lipinski definition) is 0. The maximum Gasteiger partial charge on any atom is 0.253 e. The van der Waals surface area contributed by atoms with Crippen LogP contribution in [0.2, 0.25) is 0 Å². The van der Waals surface area contributed by atoms with E-state index < -0.39 is 9.58 Å². The van der Waals surface area contributed by atoms with Crippen LogP contribution in [0.25, 0.3) is 11.3 Å². The number of para-hydroxylation sites is 1. The Kier molecular flexibility index (Phi) is 5.61. The van der Waals surface area contributed by atoms with Gasteiger partial charge in [-0.05, 0) is 41.8 Å². The number of aromatic nitrogens is 4. The molecule has 1 saturated heterocycles. The molecule has 0 atom stereocenters. The minimum atomic E-state index is -2.09. The van der Waals surface area contributed by atoms with Crippen molar-refractivity contribution in [3.05, 3.63) is 42.4 Å². The molecular formula is C16H16Cl3N5O. The standard InChI is InChI=1S/C16H16Cl3N5O/c17-16(18,19)14(25)13(11-23-9-5-2-6-10-23)15-20-21-22-24(15)12-7-3-1-4-8-12/h1,3-4,7-8,11H,2,5-6,9-10H2. The summed E-state index contributed by atoms with van der Waals surface area (Å²) in [6.07, 6.45) is 4.97. The molecule has 1 fully saturated rings. The molecule has 3 rings (SSSR count). The van der Waals surface area contributed by atoms with Crippen molar-refractivity contribution < 1.29 is 4.79 Å². The molecule has 0 amide bonds. The molecule has 0 spiro atoms. The summed E-state index contributed by atoms with van der Waals surface area (Å²) in [4.78, 5) is 14.8. The average Bonchev–Trinajstić information content (AvgIpc) is 3.09. The Morgan fingerprint density at radius 2 is 1.76 bits per heavy atom. The van der Waals surface area contributed by atoms with E-state index in [1.165, 1.54) is 11.1 Å². The number of benzene rings is 1. The Hall–Kier alpha value is -1.63. The van der Waals surface area contributed by atoms with Gasteiger partial charge in [0.25, 0.3) is 3.79 Å². The van der Waals surface area contributed by atoms with E-state index >= 15 is 0 Å². The number of tetrazole rings is 1. The quantitative estimate of drug-likeness (QED) is 0.581. The van der Waals surface area contributed by atoms with Gasteiger partial charge in [-0.1, -0.05) is 53.0 Å². The van der Waals surface area contributed by atoms with Gasteiger partial charge in [0.1, 0.15) is 0 Å². The molecule has 0 aliphatic carbocycles. The van der Waals surface area contributed by atoms with Crippen molar-refractivity contribution in [1.29, 1.82) is 0 Å². The van der Waals surface area contributed by atoms with Crippen LogP contribution in [0.5, 0.6) is 0 Å². The van der Waals surface area contributed by atoms with E-state index in [9.17, 15) is 4.79 Å². The smallest absolute Gasteiger partial charge is 0.253 e. The summed E-state index contributed by atoms with van der Waals surface area (Å²) >= 11 is 17.6. The number of rotatable bonds is 4. The van der Waals surface area contributed by atoms with E-state index in [2.05, 4.69) is 15.5 Å². The average molecular weight is 401 g/mol. The molecule has 9 heteroatoms. The van der Waals surface area contributed by atoms with Gasteiger partial charge in [-0.25, -0.2) is 0 Å². The van der Waals surface area contributed by atoms with Crippen molar-refractivity contribution in [1.82, 2.24) is 25.1 Å². The van der Waals surface area contributed by atoms with Crippen LogP contribution in [0.3, 0.4) is 0 Å². The second-order valence-corrected chi connectivity index (χ2v) is 8.00. The SMILES string of the molecule is O=C(C(=CN1CCCCC1)c1nnnn1-c1ccccc1)C(Cl)(Cl)Cl. The molecule has 0 saturated carbocycles. The fourth-order valence-electron chi connectivity index (χ4n) is 2.70. The summed E-state index contributed by atoms with van der Waals surface area (Å²) in [6, 6.07) is 9.25. The maximum atomic E-state index is 12.7. The zero-order valence-corrected chi connectivity index (χ0v) is 15.5. The van der Waals surface area contributed by atoms with E-state index in [0.29, 0.717) is 5.69 Å². The van der Waals surface area contributed by atoms with Crippen molar-refractivity contribution >= 4 is 46.2 Å². The van der Waals surface area contributed by atoms with Crippen molar-refractivity contribution in [2.45, 2.75) is 23.1 Å². The predicted molar refractivity (Wildman–Crippen MR) is 97.9 cm³/mol. The highest BCUT2D eigenvalue weighted by Gasteiger charge is 2.36. The fraction of sp³-hybridized carbons (Fsp3) is 0.375. The number of carbonyl (C=O) groups excluding carboxylic acids is 1. The summed E-state index contributed by atoms with van der Waals surface area (Å²) in [5, 5.41) is 11.7. The lowest BCUT2D eigenvalue weighted by Crippen LogP contribution is -2.28. The number of ketones is 1. The van der Waals surface area contributed by atoms with Crippen LogP contribution in [0, 0.1) is 0 Å². The van der Waals surface area contributed by atoms with Gasteiger partial charge in [0, 0.05) is 19.3 Å². The van der Waals surface area contributed by atoms with Crippen LogP contribution in [0.1, 0.15) is 25.1 Å². The summed E-state index contributed by atoms with van der Waals surface area (Å²) in [5.74, 6) is -0.414. The monoisotopic (exact) mass is 399 g/mol. The van der Waals surface area contributed by atoms with Crippen molar-refractivity contribution in [2.24, 2.45) is 0 Å². The molecule has 0 bridgehead atoms. The van der Waals surface area contributed by atoms with E-state index in [-0.39, 0.29) is 11.4 Å². The number of allylic oxidation sites excluding steroid dienone is 1. The largest absolute Gasteiger partial charge is 0.377 e. The Balaban J connectivity index is 2.05. The van der Waals surface area contributed by atoms with Gasteiger partial charge in [0.05, 0.1) is 11.3 Å². The number of likely N-dealkylation sites (tertiary alicyclic amines) is 1. The number of piperidine rings is 1. The normalized spacial score (nSPS) is 16.1. The first-order valence-corrected chi connectivity index (χ1v) is 9.02. The van der Waals surface area contributed by atoms with E-state index in [4.69, 9.17) is 34.8 Å². The third-order valence-corrected chi connectivity index (χ3v) is 4.43. The maximum absolute atomic E-state index is 12.7. The molecule has 2 heterocycles. The second kappa shape index (κ2) is 7.72. The number of hydrogen-bond acceptors (Lipinski definition) is 5. The number of halogens is 3. The lowest BCUT2D eigenvalue weighted by atomic mass is 10.1. The van der Waals surface area contributed by atoms with Crippen LogP contribution in [0.15, 0.2) is 36.5 Å². The zero-order valence-electron chi connectivity index (χ0n) is 13.3. The van der Waals surface area contributed by atoms with E-state index in [1.807, 2.05) is 35.2 Å². The van der Waals surface area contributed by atoms with Crippen LogP contribution in [0.4, 0.5) is 0 Å². The molecule has 0 unspecified atom stereocenters. The van der Waals surface area contributed by atoms with Gasteiger partial charge in [-0.2, -0.15) is 4.68 Å². The summed E-state index contributed by atoms with van der Waals surface area (Å²) < 4.78 is -0.626. The molecule has 1 aromatic heterocycles. The van der Waals surface area contributed by atoms with Crippen LogP contribution in [-0.2, 0) is 4.79 Å². The topological polar surface area (TPSA) is 63.9 Å². The number of Topliss-reactive ketones (excluding diaryl/α,β-unsaturated/α-hetero) is 1. The highest BCUT2D eigenvalue weighted by atomic mass is 35.6. The Bertz CT molecular complexity index is 764. The molecule has 6 nitrogen and oxygen atoms in total. The van der Waals surface area contributed by atoms with Crippen molar-refractivity contribution in [3.63, 3.8) is 0 Å². The molecule has 1 aliphatic rings. The lowest BCUT2D eigenvalue weighted by Gasteiger charge is -2.26. The van der Waals surface area contributed by atoms with Crippen molar-refractivity contribution in [3.8, 4) is 5.69 Å². The first-order chi connectivity index (χ1) is 12.0. The molecule has 1 aromatic carbocycles. The molecular weight excluding hydrogens is 385 g/mol. The summed E-state index contributed by atoms with van der Waals surface area (Å²) in [5.41, 5.74) is 0.889. The van der Waals surface area contributed by atoms with Gasteiger partial charge >= 0.3 is 0 Å². The molecule has 132 valence electrons. The highest BCUT2D eigenvalue weighted by molar-refractivity contribution is 6.79. The van der Waals surface area contributed by atoms with Crippen LogP contribution in [-0.4, -0.2) is 47.8 Å². The van der Waals surface area contributed by atoms with Gasteiger partial charge in [0.2, 0.25) is 5.78 Å². The van der Waals surface area contributed by atoms with Crippen molar-refractivity contribution in [2.75, 3.05) is 13.1 Å². The Labute approximate surface area is 160 Å². The first-order valence-electron chi connectivity index (χ1n) is 7.88. The zero-order chi connectivity index (χ0) is 17.9. The van der Waals surface area contributed by atoms with Gasteiger partial charge in [0.15, 0.2) is 5.82 Å². The number of alkyl halides is 3. The predicted octanol–water partition coefficient (Wildman–Crippen LogP) is 3.43. The second-order valence-electron chi connectivity index (χ2n) is 5.72. The number of carbonyl (C=O) groups is 1. The third-order valence-electron chi connectivity index (χ3n) is 3.92. The minimum Gasteiger partial charge on any atom is -0.377 e. The van der Waals surface area contributed by atoms with Gasteiger partial charge in [-0.3, -0.25) is 4.79 Å². The molecule has 0 N–H and O–H groups in total. The molecule has 2 aromatic rings. The summed E-state index contributed by atoms with van der Waals surface area (Å²) in [6.45, 7) is 1.67. The Morgan fingerprint density at radius 1 is 1.08 bits per heavy atom. The van der Waals surface area contributed by atoms with Crippen LogP contribution < -0.4 is 0 Å². The van der Waals surface area contributed by atoms with Crippen LogP contribution >= 0.6 is 34.8 Å². The third kappa shape index (κ3) is 4.32. The lowest BCUT2D eigenvalue weighted by molar-refractivity contribution is -0.113. The van der Waals surface area contributed by atoms with E-state index in [0.717, 1.165) is 25.9 Å². The minimum absolute atomic E-state index is 0.177. The summed E-state index contributed by atoms with van der Waals surface area (Å²) in [7, 11) is 0.